The van der Waals surface area contributed by atoms with Crippen molar-refractivity contribution in [3.05, 3.63) is 29.6 Å². The van der Waals surface area contributed by atoms with Gasteiger partial charge in [0.2, 0.25) is 6.86 Å². The number of ether oxygens (including phenoxy) is 1. The fraction of sp³-hybridized carbons (Fsp3) is 0.400. The highest BCUT2D eigenvalue weighted by molar-refractivity contribution is 5.30. The lowest BCUT2D eigenvalue weighted by atomic mass is 10.0. The van der Waals surface area contributed by atoms with Gasteiger partial charge in [0.05, 0.1) is 0 Å². The maximum absolute atomic E-state index is 13.2. The number of halogens is 2. The molecule has 13 heavy (non-hydrogen) atoms. The van der Waals surface area contributed by atoms with Crippen LogP contribution >= 0.6 is 0 Å². The summed E-state index contributed by atoms with van der Waals surface area (Å²) in [6.45, 7) is 2.86. The molecule has 0 radical (unpaired) electrons. The van der Waals surface area contributed by atoms with E-state index < -0.39 is 6.86 Å². The lowest BCUT2D eigenvalue weighted by molar-refractivity contribution is 0.191. The third kappa shape index (κ3) is 2.41. The normalized spacial score (nSPS) is 10.5. The molecule has 0 aromatic heterocycles. The van der Waals surface area contributed by atoms with Crippen LogP contribution < -0.4 is 4.74 Å². The molecular formula is C10H12F2O. The first-order valence-corrected chi connectivity index (χ1v) is 4.13. The molecule has 1 aromatic carbocycles. The second-order valence-electron chi connectivity index (χ2n) is 3.09. The number of rotatable bonds is 3. The molecule has 0 saturated heterocycles. The molecule has 1 nitrogen and oxygen atoms in total. The minimum Gasteiger partial charge on any atom is -0.463 e. The van der Waals surface area contributed by atoms with E-state index in [4.69, 9.17) is 0 Å². The number of alkyl halides is 1. The molecule has 0 aliphatic rings. The van der Waals surface area contributed by atoms with Crippen LogP contribution in [0.25, 0.3) is 0 Å². The van der Waals surface area contributed by atoms with Crippen LogP contribution in [0.5, 0.6) is 5.75 Å². The molecule has 72 valence electrons. The van der Waals surface area contributed by atoms with E-state index in [1.807, 2.05) is 13.8 Å². The van der Waals surface area contributed by atoms with E-state index in [-0.39, 0.29) is 17.5 Å². The second kappa shape index (κ2) is 4.21. The number of hydrogen-bond donors (Lipinski definition) is 0. The van der Waals surface area contributed by atoms with Crippen LogP contribution in [0.2, 0.25) is 0 Å². The van der Waals surface area contributed by atoms with E-state index in [1.165, 1.54) is 6.07 Å². The highest BCUT2D eigenvalue weighted by Gasteiger charge is 2.07. The van der Waals surface area contributed by atoms with Crippen LogP contribution in [-0.2, 0) is 0 Å². The average molecular weight is 186 g/mol. The van der Waals surface area contributed by atoms with E-state index in [0.717, 1.165) is 0 Å². The Hall–Kier alpha value is -1.12. The van der Waals surface area contributed by atoms with Gasteiger partial charge in [0, 0.05) is 6.07 Å². The van der Waals surface area contributed by atoms with Gasteiger partial charge in [-0.1, -0.05) is 19.9 Å². The van der Waals surface area contributed by atoms with Gasteiger partial charge >= 0.3 is 0 Å². The lowest BCUT2D eigenvalue weighted by Gasteiger charge is -2.08. The molecule has 0 aliphatic heterocycles. The Labute approximate surface area is 76.3 Å². The monoisotopic (exact) mass is 186 g/mol. The highest BCUT2D eigenvalue weighted by atomic mass is 19.1. The van der Waals surface area contributed by atoms with Crippen molar-refractivity contribution in [1.82, 2.24) is 0 Å². The van der Waals surface area contributed by atoms with Gasteiger partial charge in [-0.2, -0.15) is 0 Å². The summed E-state index contributed by atoms with van der Waals surface area (Å²) in [6.07, 6.45) is 0. The Morgan fingerprint density at radius 2 is 2.08 bits per heavy atom. The summed E-state index contributed by atoms with van der Waals surface area (Å²) in [5, 5.41) is 0. The fourth-order valence-electron chi connectivity index (χ4n) is 1.13. The minimum atomic E-state index is -0.930. The fourth-order valence-corrected chi connectivity index (χ4v) is 1.13. The van der Waals surface area contributed by atoms with Gasteiger partial charge in [-0.25, -0.2) is 8.78 Å². The van der Waals surface area contributed by atoms with Crippen LogP contribution in [0.4, 0.5) is 8.78 Å². The van der Waals surface area contributed by atoms with Crippen molar-refractivity contribution in [2.24, 2.45) is 0 Å². The van der Waals surface area contributed by atoms with Gasteiger partial charge in [-0.3, -0.25) is 0 Å². The topological polar surface area (TPSA) is 9.23 Å². The maximum Gasteiger partial charge on any atom is 0.228 e. The van der Waals surface area contributed by atoms with Crippen LogP contribution in [0.15, 0.2) is 18.2 Å². The molecule has 0 spiro atoms. The smallest absolute Gasteiger partial charge is 0.228 e. The predicted octanol–water partition coefficient (Wildman–Crippen LogP) is 3.25. The maximum atomic E-state index is 13.2. The van der Waals surface area contributed by atoms with Crippen LogP contribution in [0.3, 0.4) is 0 Å². The van der Waals surface area contributed by atoms with Crippen molar-refractivity contribution in [3.63, 3.8) is 0 Å². The van der Waals surface area contributed by atoms with Crippen molar-refractivity contribution >= 4 is 0 Å². The zero-order chi connectivity index (χ0) is 9.84. The second-order valence-corrected chi connectivity index (χ2v) is 3.09. The van der Waals surface area contributed by atoms with Gasteiger partial charge < -0.3 is 4.74 Å². The third-order valence-electron chi connectivity index (χ3n) is 1.82. The van der Waals surface area contributed by atoms with Gasteiger partial charge in [-0.15, -0.1) is 0 Å². The quantitative estimate of drug-likeness (QED) is 0.704. The summed E-state index contributed by atoms with van der Waals surface area (Å²) in [5.74, 6) is 0.00442. The highest BCUT2D eigenvalue weighted by Crippen LogP contribution is 2.22. The SMILES string of the molecule is CC(C)c1ccc(OCF)cc1F. The molecular weight excluding hydrogens is 174 g/mol. The van der Waals surface area contributed by atoms with Crippen molar-refractivity contribution in [3.8, 4) is 5.75 Å². The first-order chi connectivity index (χ1) is 6.15. The molecule has 0 aliphatic carbocycles. The largest absolute Gasteiger partial charge is 0.463 e. The predicted molar refractivity (Wildman–Crippen MR) is 47.1 cm³/mol. The summed E-state index contributed by atoms with van der Waals surface area (Å²) in [5.41, 5.74) is 0.617. The van der Waals surface area contributed by atoms with Gasteiger partial charge in [0.15, 0.2) is 0 Å². The summed E-state index contributed by atoms with van der Waals surface area (Å²) in [7, 11) is 0. The van der Waals surface area contributed by atoms with Gasteiger partial charge in [0.25, 0.3) is 0 Å². The Bertz CT molecular complexity index is 284. The molecule has 0 bridgehead atoms. The Kier molecular flexibility index (Phi) is 3.23. The molecule has 0 heterocycles. The molecule has 1 rings (SSSR count). The third-order valence-corrected chi connectivity index (χ3v) is 1.82. The summed E-state index contributed by atoms with van der Waals surface area (Å²) in [4.78, 5) is 0. The van der Waals surface area contributed by atoms with Crippen LogP contribution in [0.1, 0.15) is 25.3 Å². The minimum absolute atomic E-state index is 0.124. The standard InChI is InChI=1S/C10H12F2O/c1-7(2)9-4-3-8(13-6-11)5-10(9)12/h3-5,7H,6H2,1-2H3. The summed E-state index contributed by atoms with van der Waals surface area (Å²) in [6, 6.07) is 4.39. The molecule has 1 aromatic rings. The van der Waals surface area contributed by atoms with Gasteiger partial charge in [0.1, 0.15) is 11.6 Å². The number of hydrogen-bond acceptors (Lipinski definition) is 1. The number of benzene rings is 1. The Morgan fingerprint density at radius 3 is 2.54 bits per heavy atom. The zero-order valence-corrected chi connectivity index (χ0v) is 7.68. The molecule has 0 atom stereocenters. The molecule has 0 unspecified atom stereocenters. The van der Waals surface area contributed by atoms with E-state index in [9.17, 15) is 8.78 Å². The van der Waals surface area contributed by atoms with Crippen LogP contribution in [-0.4, -0.2) is 6.86 Å². The average Bonchev–Trinajstić information content (AvgIpc) is 2.04. The molecule has 0 amide bonds. The van der Waals surface area contributed by atoms with Crippen molar-refractivity contribution in [2.45, 2.75) is 19.8 Å². The van der Waals surface area contributed by atoms with Crippen molar-refractivity contribution in [2.75, 3.05) is 6.86 Å². The summed E-state index contributed by atoms with van der Waals surface area (Å²) >= 11 is 0. The van der Waals surface area contributed by atoms with E-state index in [0.29, 0.717) is 5.56 Å². The van der Waals surface area contributed by atoms with Crippen molar-refractivity contribution < 1.29 is 13.5 Å². The lowest BCUT2D eigenvalue weighted by Crippen LogP contribution is -1.95. The van der Waals surface area contributed by atoms with Crippen LogP contribution in [0, 0.1) is 5.82 Å². The Balaban J connectivity index is 2.92. The van der Waals surface area contributed by atoms with E-state index in [2.05, 4.69) is 4.74 Å². The zero-order valence-electron chi connectivity index (χ0n) is 7.68. The first kappa shape index (κ1) is 9.96. The molecule has 0 saturated carbocycles. The van der Waals surface area contributed by atoms with E-state index in [1.54, 1.807) is 12.1 Å². The Morgan fingerprint density at radius 1 is 1.38 bits per heavy atom. The first-order valence-electron chi connectivity index (χ1n) is 4.13. The molecule has 0 fully saturated rings. The van der Waals surface area contributed by atoms with E-state index >= 15 is 0 Å². The molecule has 3 heteroatoms. The summed E-state index contributed by atoms with van der Waals surface area (Å²) < 4.78 is 29.5. The molecule has 0 N–H and O–H groups in total. The van der Waals surface area contributed by atoms with Crippen molar-refractivity contribution in [1.29, 1.82) is 0 Å². The van der Waals surface area contributed by atoms with Gasteiger partial charge in [-0.05, 0) is 17.5 Å².